The van der Waals surface area contributed by atoms with E-state index in [-0.39, 0.29) is 11.5 Å². The van der Waals surface area contributed by atoms with Crippen molar-refractivity contribution >= 4 is 16.9 Å². The van der Waals surface area contributed by atoms with Crippen LogP contribution in [0, 0.1) is 19.8 Å². The van der Waals surface area contributed by atoms with E-state index in [0.717, 1.165) is 49.3 Å². The van der Waals surface area contributed by atoms with E-state index in [0.29, 0.717) is 23.4 Å². The summed E-state index contributed by atoms with van der Waals surface area (Å²) in [6.45, 7) is 6.45. The first kappa shape index (κ1) is 17.7. The van der Waals surface area contributed by atoms with E-state index in [1.807, 2.05) is 25.8 Å². The molecule has 1 aliphatic heterocycles. The Morgan fingerprint density at radius 1 is 1.32 bits per heavy atom. The molecule has 7 heteroatoms. The molecule has 0 bridgehead atoms. The number of aryl methyl sites for hydroxylation is 3. The van der Waals surface area contributed by atoms with Crippen molar-refractivity contribution in [2.75, 3.05) is 26.7 Å². The number of piperidine rings is 1. The molecule has 0 atom stereocenters. The second-order valence-electron chi connectivity index (χ2n) is 7.06. The van der Waals surface area contributed by atoms with Gasteiger partial charge in [0.15, 0.2) is 5.65 Å². The zero-order valence-electron chi connectivity index (χ0n) is 15.5. The number of aromatic amines is 1. The van der Waals surface area contributed by atoms with E-state index in [4.69, 9.17) is 0 Å². The zero-order chi connectivity index (χ0) is 18.1. The highest BCUT2D eigenvalue weighted by atomic mass is 16.2. The van der Waals surface area contributed by atoms with Gasteiger partial charge in [0.05, 0.1) is 11.8 Å². The molecule has 0 saturated carbocycles. The third-order valence-corrected chi connectivity index (χ3v) is 5.36. The molecule has 7 nitrogen and oxygen atoms in total. The fraction of sp³-hybridized carbons (Fsp3) is 0.611. The Morgan fingerprint density at radius 2 is 2.00 bits per heavy atom. The Labute approximate surface area is 147 Å². The molecular weight excluding hydrogens is 318 g/mol. The molecule has 0 spiro atoms. The minimum atomic E-state index is -0.149. The molecule has 0 aliphatic carbocycles. The van der Waals surface area contributed by atoms with Gasteiger partial charge in [-0.2, -0.15) is 0 Å². The van der Waals surface area contributed by atoms with Gasteiger partial charge in [0, 0.05) is 25.8 Å². The van der Waals surface area contributed by atoms with Crippen LogP contribution >= 0.6 is 0 Å². The summed E-state index contributed by atoms with van der Waals surface area (Å²) in [6, 6.07) is 0. The normalized spacial score (nSPS) is 15.9. The van der Waals surface area contributed by atoms with Crippen molar-refractivity contribution < 1.29 is 4.79 Å². The van der Waals surface area contributed by atoms with Crippen LogP contribution < -0.4 is 10.9 Å². The minimum Gasteiger partial charge on any atom is -0.342 e. The van der Waals surface area contributed by atoms with Gasteiger partial charge in [0.25, 0.3) is 5.56 Å². The van der Waals surface area contributed by atoms with E-state index >= 15 is 0 Å². The molecule has 0 unspecified atom stereocenters. The summed E-state index contributed by atoms with van der Waals surface area (Å²) in [4.78, 5) is 31.4. The van der Waals surface area contributed by atoms with Crippen molar-refractivity contribution in [2.45, 2.75) is 33.1 Å². The Balaban J connectivity index is 1.80. The number of pyridine rings is 1. The highest BCUT2D eigenvalue weighted by molar-refractivity contribution is 5.84. The Morgan fingerprint density at radius 3 is 2.64 bits per heavy atom. The molecule has 0 aromatic carbocycles. The molecule has 1 amide bonds. The van der Waals surface area contributed by atoms with Gasteiger partial charge in [-0.1, -0.05) is 0 Å². The number of rotatable bonds is 4. The standard InChI is InChI=1S/C18H27N5O2/c1-11-14(12(2)20-17-16(11)18(25)21-22(17)4)9-15(24)23-7-5-13(6-8-23)10-19-3/h13,19H,5-10H2,1-4H3,(H,21,25). The highest BCUT2D eigenvalue weighted by Gasteiger charge is 2.24. The zero-order valence-corrected chi connectivity index (χ0v) is 15.5. The largest absolute Gasteiger partial charge is 0.342 e. The second-order valence-corrected chi connectivity index (χ2v) is 7.06. The van der Waals surface area contributed by atoms with Crippen molar-refractivity contribution in [3.63, 3.8) is 0 Å². The van der Waals surface area contributed by atoms with Crippen LogP contribution in [-0.2, 0) is 18.3 Å². The summed E-state index contributed by atoms with van der Waals surface area (Å²) in [5.74, 6) is 0.779. The van der Waals surface area contributed by atoms with Crippen LogP contribution in [0.5, 0.6) is 0 Å². The smallest absolute Gasteiger partial charge is 0.273 e. The molecule has 2 N–H and O–H groups in total. The molecule has 3 heterocycles. The van der Waals surface area contributed by atoms with Crippen molar-refractivity contribution in [3.8, 4) is 0 Å². The lowest BCUT2D eigenvalue weighted by molar-refractivity contribution is -0.131. The van der Waals surface area contributed by atoms with E-state index in [1.54, 1.807) is 11.7 Å². The van der Waals surface area contributed by atoms with E-state index in [1.165, 1.54) is 0 Å². The fourth-order valence-electron chi connectivity index (χ4n) is 3.85. The molecule has 0 radical (unpaired) electrons. The maximum atomic E-state index is 12.8. The van der Waals surface area contributed by atoms with Crippen molar-refractivity contribution in [1.82, 2.24) is 25.0 Å². The number of hydrogen-bond acceptors (Lipinski definition) is 4. The number of nitrogens with one attached hydrogen (secondary N) is 2. The molecular formula is C18H27N5O2. The summed E-state index contributed by atoms with van der Waals surface area (Å²) in [5, 5.41) is 6.54. The number of carbonyl (C=O) groups is 1. The third-order valence-electron chi connectivity index (χ3n) is 5.36. The number of hydrogen-bond donors (Lipinski definition) is 2. The molecule has 1 aliphatic rings. The number of likely N-dealkylation sites (tertiary alicyclic amines) is 1. The van der Waals surface area contributed by atoms with Crippen LogP contribution in [-0.4, -0.2) is 52.3 Å². The van der Waals surface area contributed by atoms with Crippen LogP contribution in [0.1, 0.15) is 29.7 Å². The SMILES string of the molecule is CNCC1CCN(C(=O)Cc2c(C)nc3c(c2C)c(=O)[nH]n3C)CC1. The Hall–Kier alpha value is -2.15. The maximum absolute atomic E-state index is 12.8. The first-order valence-corrected chi connectivity index (χ1v) is 8.89. The van der Waals surface area contributed by atoms with Crippen LogP contribution in [0.2, 0.25) is 0 Å². The number of carbonyl (C=O) groups excluding carboxylic acids is 1. The number of aromatic nitrogens is 3. The van der Waals surface area contributed by atoms with Gasteiger partial charge < -0.3 is 10.2 Å². The fourth-order valence-corrected chi connectivity index (χ4v) is 3.85. The molecule has 1 fully saturated rings. The number of fused-ring (bicyclic) bond motifs is 1. The number of H-pyrrole nitrogens is 1. The van der Waals surface area contributed by atoms with Crippen LogP contribution in [0.4, 0.5) is 0 Å². The van der Waals surface area contributed by atoms with Crippen molar-refractivity contribution in [1.29, 1.82) is 0 Å². The van der Waals surface area contributed by atoms with Crippen LogP contribution in [0.25, 0.3) is 11.0 Å². The summed E-state index contributed by atoms with van der Waals surface area (Å²) in [6.07, 6.45) is 2.39. The molecule has 3 rings (SSSR count). The summed E-state index contributed by atoms with van der Waals surface area (Å²) >= 11 is 0. The first-order valence-electron chi connectivity index (χ1n) is 8.89. The van der Waals surface area contributed by atoms with Gasteiger partial charge in [-0.15, -0.1) is 0 Å². The van der Waals surface area contributed by atoms with Gasteiger partial charge in [0.2, 0.25) is 5.91 Å². The monoisotopic (exact) mass is 345 g/mol. The van der Waals surface area contributed by atoms with Crippen molar-refractivity contribution in [2.24, 2.45) is 13.0 Å². The van der Waals surface area contributed by atoms with Crippen molar-refractivity contribution in [3.05, 3.63) is 27.2 Å². The Kier molecular flexibility index (Phi) is 4.94. The number of nitrogens with zero attached hydrogens (tertiary/aromatic N) is 3. The highest BCUT2D eigenvalue weighted by Crippen LogP contribution is 2.22. The van der Waals surface area contributed by atoms with Gasteiger partial charge in [-0.25, -0.2) is 4.98 Å². The minimum absolute atomic E-state index is 0.127. The number of amides is 1. The van der Waals surface area contributed by atoms with E-state index in [9.17, 15) is 9.59 Å². The quantitative estimate of drug-likeness (QED) is 0.862. The van der Waals surface area contributed by atoms with Gasteiger partial charge in [0.1, 0.15) is 0 Å². The molecule has 25 heavy (non-hydrogen) atoms. The van der Waals surface area contributed by atoms with Gasteiger partial charge >= 0.3 is 0 Å². The third kappa shape index (κ3) is 3.33. The van der Waals surface area contributed by atoms with Gasteiger partial charge in [-0.3, -0.25) is 19.4 Å². The molecule has 2 aromatic rings. The van der Waals surface area contributed by atoms with Gasteiger partial charge in [-0.05, 0) is 57.3 Å². The summed E-state index contributed by atoms with van der Waals surface area (Å²) in [5.41, 5.74) is 3.06. The predicted octanol–water partition coefficient (Wildman–Crippen LogP) is 0.879. The first-order chi connectivity index (χ1) is 11.9. The van der Waals surface area contributed by atoms with E-state index in [2.05, 4.69) is 15.4 Å². The van der Waals surface area contributed by atoms with Crippen LogP contribution in [0.3, 0.4) is 0 Å². The predicted molar refractivity (Wildman–Crippen MR) is 97.7 cm³/mol. The molecule has 2 aromatic heterocycles. The lowest BCUT2D eigenvalue weighted by Crippen LogP contribution is -2.41. The average Bonchev–Trinajstić information content (AvgIpc) is 2.86. The second kappa shape index (κ2) is 7.00. The molecule has 136 valence electrons. The van der Waals surface area contributed by atoms with Crippen LogP contribution in [0.15, 0.2) is 4.79 Å². The lowest BCUT2D eigenvalue weighted by Gasteiger charge is -2.32. The topological polar surface area (TPSA) is 83.0 Å². The summed E-state index contributed by atoms with van der Waals surface area (Å²) < 4.78 is 1.63. The van der Waals surface area contributed by atoms with E-state index < -0.39 is 0 Å². The lowest BCUT2D eigenvalue weighted by atomic mass is 9.95. The Bertz CT molecular complexity index is 843. The maximum Gasteiger partial charge on any atom is 0.273 e. The summed E-state index contributed by atoms with van der Waals surface area (Å²) in [7, 11) is 3.74. The average molecular weight is 345 g/mol. The molecule has 1 saturated heterocycles.